The Morgan fingerprint density at radius 1 is 1.50 bits per heavy atom. The second-order valence-electron chi connectivity index (χ2n) is 3.02. The van der Waals surface area contributed by atoms with Crippen LogP contribution in [0.3, 0.4) is 0 Å². The summed E-state index contributed by atoms with van der Waals surface area (Å²) in [7, 11) is 0. The number of aliphatic hydroxyl groups is 1. The van der Waals surface area contributed by atoms with Crippen LogP contribution in [0.15, 0.2) is 28.4 Å². The first-order valence-corrected chi connectivity index (χ1v) is 4.73. The fourth-order valence-corrected chi connectivity index (χ4v) is 1.03. The number of furan rings is 1. The molecular formula is C11H12O5. The third-order valence-corrected chi connectivity index (χ3v) is 1.74. The summed E-state index contributed by atoms with van der Waals surface area (Å²) in [5, 5.41) is 9.21. The van der Waals surface area contributed by atoms with E-state index >= 15 is 0 Å². The molecule has 0 aliphatic carbocycles. The van der Waals surface area contributed by atoms with Gasteiger partial charge in [-0.3, -0.25) is 4.79 Å². The average molecular weight is 224 g/mol. The fraction of sp³-hybridized carbons (Fsp3) is 0.273. The zero-order chi connectivity index (χ0) is 12.1. The van der Waals surface area contributed by atoms with Crippen LogP contribution in [0.2, 0.25) is 0 Å². The van der Waals surface area contributed by atoms with Crippen LogP contribution in [-0.2, 0) is 9.53 Å². The molecule has 0 fully saturated rings. The Kier molecular flexibility index (Phi) is 3.88. The van der Waals surface area contributed by atoms with Gasteiger partial charge in [-0.1, -0.05) is 0 Å². The minimum atomic E-state index is -0.931. The first-order valence-electron chi connectivity index (χ1n) is 4.73. The number of hydrogen-bond acceptors (Lipinski definition) is 5. The molecular weight excluding hydrogens is 212 g/mol. The summed E-state index contributed by atoms with van der Waals surface area (Å²) in [5.41, 5.74) is 0. The number of esters is 1. The van der Waals surface area contributed by atoms with Crippen molar-refractivity contribution in [1.82, 2.24) is 0 Å². The van der Waals surface area contributed by atoms with Gasteiger partial charge in [0, 0.05) is 6.08 Å². The van der Waals surface area contributed by atoms with E-state index in [1.165, 1.54) is 6.07 Å². The Morgan fingerprint density at radius 2 is 2.19 bits per heavy atom. The number of aryl methyl sites for hydroxylation is 1. The van der Waals surface area contributed by atoms with Gasteiger partial charge in [0.25, 0.3) is 0 Å². The monoisotopic (exact) mass is 224 g/mol. The maximum absolute atomic E-state index is 11.4. The SMILES string of the molecule is CCOC(=O)/C(O)=C/C(=O)c1ccc(C)o1. The van der Waals surface area contributed by atoms with E-state index in [1.807, 2.05) is 0 Å². The van der Waals surface area contributed by atoms with Crippen molar-refractivity contribution in [1.29, 1.82) is 0 Å². The molecule has 0 unspecified atom stereocenters. The molecule has 16 heavy (non-hydrogen) atoms. The highest BCUT2D eigenvalue weighted by molar-refractivity contribution is 6.06. The smallest absolute Gasteiger partial charge is 0.373 e. The molecule has 0 aliphatic heterocycles. The second kappa shape index (κ2) is 5.16. The van der Waals surface area contributed by atoms with Crippen LogP contribution < -0.4 is 0 Å². The lowest BCUT2D eigenvalue weighted by Gasteiger charge is -1.98. The predicted octanol–water partition coefficient (Wildman–Crippen LogP) is 1.78. The number of ether oxygens (including phenoxy) is 1. The van der Waals surface area contributed by atoms with Gasteiger partial charge in [0.2, 0.25) is 11.5 Å². The minimum absolute atomic E-state index is 0.0633. The molecule has 1 aromatic heterocycles. The summed E-state index contributed by atoms with van der Waals surface area (Å²) in [5.74, 6) is -1.61. The molecule has 0 saturated heterocycles. The van der Waals surface area contributed by atoms with E-state index in [2.05, 4.69) is 4.74 Å². The zero-order valence-electron chi connectivity index (χ0n) is 9.02. The van der Waals surface area contributed by atoms with Crippen LogP contribution in [0.4, 0.5) is 0 Å². The molecule has 0 aromatic carbocycles. The molecule has 5 heteroatoms. The Balaban J connectivity index is 2.76. The van der Waals surface area contributed by atoms with Gasteiger partial charge in [0.15, 0.2) is 5.76 Å². The number of carbonyl (C=O) groups is 2. The summed E-state index contributed by atoms with van der Waals surface area (Å²) < 4.78 is 9.53. The maximum atomic E-state index is 11.4. The highest BCUT2D eigenvalue weighted by atomic mass is 16.5. The molecule has 0 atom stereocenters. The Bertz CT molecular complexity index is 427. The van der Waals surface area contributed by atoms with E-state index in [1.54, 1.807) is 19.9 Å². The number of allylic oxidation sites excluding steroid dienone is 1. The van der Waals surface area contributed by atoms with Crippen molar-refractivity contribution in [2.24, 2.45) is 0 Å². The van der Waals surface area contributed by atoms with Gasteiger partial charge in [0.05, 0.1) is 6.61 Å². The number of ketones is 1. The highest BCUT2D eigenvalue weighted by Gasteiger charge is 2.13. The Morgan fingerprint density at radius 3 is 2.69 bits per heavy atom. The Labute approximate surface area is 92.3 Å². The van der Waals surface area contributed by atoms with Crippen LogP contribution >= 0.6 is 0 Å². The van der Waals surface area contributed by atoms with Gasteiger partial charge in [-0.05, 0) is 26.0 Å². The van der Waals surface area contributed by atoms with Gasteiger partial charge in [-0.15, -0.1) is 0 Å². The van der Waals surface area contributed by atoms with Gasteiger partial charge in [-0.25, -0.2) is 4.79 Å². The van der Waals surface area contributed by atoms with Crippen molar-refractivity contribution in [3.63, 3.8) is 0 Å². The van der Waals surface area contributed by atoms with E-state index in [4.69, 9.17) is 4.42 Å². The molecule has 86 valence electrons. The molecule has 1 aromatic rings. The van der Waals surface area contributed by atoms with Crippen LogP contribution in [0.5, 0.6) is 0 Å². The minimum Gasteiger partial charge on any atom is -0.502 e. The zero-order valence-corrected chi connectivity index (χ0v) is 9.02. The largest absolute Gasteiger partial charge is 0.502 e. The van der Waals surface area contributed by atoms with Gasteiger partial charge in [-0.2, -0.15) is 0 Å². The van der Waals surface area contributed by atoms with Crippen molar-refractivity contribution < 1.29 is 23.8 Å². The molecule has 0 saturated carbocycles. The lowest BCUT2D eigenvalue weighted by atomic mass is 10.2. The quantitative estimate of drug-likeness (QED) is 0.365. The van der Waals surface area contributed by atoms with Crippen molar-refractivity contribution in [3.8, 4) is 0 Å². The van der Waals surface area contributed by atoms with Crippen LogP contribution in [0.25, 0.3) is 0 Å². The molecule has 0 amide bonds. The molecule has 1 rings (SSSR count). The topological polar surface area (TPSA) is 76.7 Å². The van der Waals surface area contributed by atoms with Gasteiger partial charge in [0.1, 0.15) is 5.76 Å². The normalized spacial score (nSPS) is 11.2. The fourth-order valence-electron chi connectivity index (χ4n) is 1.03. The van der Waals surface area contributed by atoms with E-state index in [0.717, 1.165) is 6.08 Å². The van der Waals surface area contributed by atoms with Gasteiger partial charge < -0.3 is 14.3 Å². The first kappa shape index (κ1) is 12.0. The number of hydrogen-bond donors (Lipinski definition) is 1. The summed E-state index contributed by atoms with van der Waals surface area (Å²) in [4.78, 5) is 22.4. The van der Waals surface area contributed by atoms with E-state index < -0.39 is 17.5 Å². The maximum Gasteiger partial charge on any atom is 0.373 e. The van der Waals surface area contributed by atoms with Crippen molar-refractivity contribution in [2.45, 2.75) is 13.8 Å². The van der Waals surface area contributed by atoms with Crippen LogP contribution in [-0.4, -0.2) is 23.5 Å². The number of carbonyl (C=O) groups excluding carboxylic acids is 2. The average Bonchev–Trinajstić information content (AvgIpc) is 2.65. The van der Waals surface area contributed by atoms with Crippen LogP contribution in [0, 0.1) is 6.92 Å². The van der Waals surface area contributed by atoms with E-state index in [9.17, 15) is 14.7 Å². The third kappa shape index (κ3) is 2.98. The number of rotatable bonds is 4. The summed E-state index contributed by atoms with van der Waals surface area (Å²) in [6.45, 7) is 3.42. The molecule has 0 spiro atoms. The molecule has 0 bridgehead atoms. The van der Waals surface area contributed by atoms with Gasteiger partial charge >= 0.3 is 5.97 Å². The van der Waals surface area contributed by atoms with E-state index in [-0.39, 0.29) is 12.4 Å². The molecule has 0 radical (unpaired) electrons. The third-order valence-electron chi connectivity index (χ3n) is 1.74. The first-order chi connectivity index (χ1) is 7.54. The lowest BCUT2D eigenvalue weighted by Crippen LogP contribution is -2.09. The highest BCUT2D eigenvalue weighted by Crippen LogP contribution is 2.08. The molecule has 1 heterocycles. The predicted molar refractivity (Wildman–Crippen MR) is 55.1 cm³/mol. The summed E-state index contributed by atoms with van der Waals surface area (Å²) in [6.07, 6.45) is 0.774. The number of aliphatic hydroxyl groups excluding tert-OH is 1. The lowest BCUT2D eigenvalue weighted by molar-refractivity contribution is -0.141. The standard InChI is InChI=1S/C11H12O5/c1-3-15-11(14)9(13)6-8(12)10-5-4-7(2)16-10/h4-6,13H,3H2,1-2H3/b9-6-. The molecule has 5 nitrogen and oxygen atoms in total. The Hall–Kier alpha value is -2.04. The summed E-state index contributed by atoms with van der Waals surface area (Å²) >= 11 is 0. The van der Waals surface area contributed by atoms with Crippen molar-refractivity contribution >= 4 is 11.8 Å². The molecule has 0 aliphatic rings. The second-order valence-corrected chi connectivity index (χ2v) is 3.02. The van der Waals surface area contributed by atoms with E-state index in [0.29, 0.717) is 5.76 Å². The molecule has 1 N–H and O–H groups in total. The van der Waals surface area contributed by atoms with Crippen molar-refractivity contribution in [3.05, 3.63) is 35.5 Å². The van der Waals surface area contributed by atoms with Crippen molar-refractivity contribution in [2.75, 3.05) is 6.61 Å². The summed E-state index contributed by atoms with van der Waals surface area (Å²) in [6, 6.07) is 3.08. The van der Waals surface area contributed by atoms with Crippen LogP contribution in [0.1, 0.15) is 23.2 Å².